The first-order valence-electron chi connectivity index (χ1n) is 17.9. The summed E-state index contributed by atoms with van der Waals surface area (Å²) < 4.78 is 35.2. The van der Waals surface area contributed by atoms with Crippen molar-refractivity contribution in [2.75, 3.05) is 26.3 Å². The highest BCUT2D eigenvalue weighted by atomic mass is 35.5. The highest BCUT2D eigenvalue weighted by Crippen LogP contribution is 2.49. The number of primary amides is 1. The van der Waals surface area contributed by atoms with Crippen molar-refractivity contribution in [1.29, 1.82) is 0 Å². The van der Waals surface area contributed by atoms with Crippen molar-refractivity contribution in [1.82, 2.24) is 4.90 Å². The van der Waals surface area contributed by atoms with Crippen molar-refractivity contribution >= 4 is 27.3 Å². The average molecular weight is 749 g/mol. The number of ether oxygens (including phenoxy) is 1. The van der Waals surface area contributed by atoms with E-state index >= 15 is 0 Å². The Morgan fingerprint density at radius 2 is 1.47 bits per heavy atom. The van der Waals surface area contributed by atoms with Crippen LogP contribution in [0.3, 0.4) is 0 Å². The molecule has 3 N–H and O–H groups in total. The number of hydrogen-bond acceptors (Lipinski definition) is 6. The van der Waals surface area contributed by atoms with Gasteiger partial charge in [-0.15, -0.1) is 6.58 Å². The molecule has 53 heavy (non-hydrogen) atoms. The topological polar surface area (TPSA) is 110 Å². The second kappa shape index (κ2) is 16.1. The Kier molecular flexibility index (Phi) is 11.5. The van der Waals surface area contributed by atoms with E-state index in [0.717, 1.165) is 28.7 Å². The van der Waals surface area contributed by atoms with Crippen LogP contribution in [0.4, 0.5) is 0 Å². The Labute approximate surface area is 317 Å². The van der Waals surface area contributed by atoms with Crippen LogP contribution in [-0.2, 0) is 26.4 Å². The molecule has 0 radical (unpaired) electrons. The van der Waals surface area contributed by atoms with Crippen molar-refractivity contribution in [2.24, 2.45) is 5.73 Å². The molecule has 0 saturated carbocycles. The number of phenols is 1. The van der Waals surface area contributed by atoms with Gasteiger partial charge >= 0.3 is 0 Å². The molecule has 6 rings (SSSR count). The largest absolute Gasteiger partial charge is 0.506 e. The van der Waals surface area contributed by atoms with Crippen LogP contribution in [0, 0.1) is 6.92 Å². The van der Waals surface area contributed by atoms with Gasteiger partial charge in [0.15, 0.2) is 9.84 Å². The summed E-state index contributed by atoms with van der Waals surface area (Å²) in [6, 6.07) is 35.8. The van der Waals surface area contributed by atoms with E-state index in [-0.39, 0.29) is 27.3 Å². The zero-order chi connectivity index (χ0) is 37.8. The predicted octanol–water partition coefficient (Wildman–Crippen LogP) is 8.46. The Balaban J connectivity index is 1.64. The number of halogens is 1. The second-order valence-electron chi connectivity index (χ2n) is 13.4. The molecule has 1 unspecified atom stereocenters. The molecular formula is C44H45ClN2O5S. The van der Waals surface area contributed by atoms with Gasteiger partial charge in [-0.05, 0) is 64.8 Å². The SMILES string of the molecule is C=CC(N1CCOCC1)S(=O)(=O)c1c(C)c(C(N)=O)c(O)c(-c2ccc(C(c3ccccc3)(c3ccccc3)c3ccccc3Cl)cc2)c1CCCC. The fraction of sp³-hybridized carbons (Fsp3) is 0.250. The number of nitrogens with zero attached hydrogens (tertiary/aromatic N) is 1. The molecule has 9 heteroatoms. The summed E-state index contributed by atoms with van der Waals surface area (Å²) in [6.45, 7) is 9.08. The molecule has 274 valence electrons. The van der Waals surface area contributed by atoms with Gasteiger partial charge in [-0.1, -0.05) is 134 Å². The number of carbonyl (C=O) groups is 1. The zero-order valence-corrected chi connectivity index (χ0v) is 31.7. The highest BCUT2D eigenvalue weighted by Gasteiger charge is 2.41. The monoisotopic (exact) mass is 748 g/mol. The van der Waals surface area contributed by atoms with Crippen molar-refractivity contribution in [3.05, 3.63) is 166 Å². The summed E-state index contributed by atoms with van der Waals surface area (Å²) in [5, 5.41) is 11.5. The minimum absolute atomic E-state index is 0.00648. The molecule has 5 aromatic rings. The third-order valence-corrected chi connectivity index (χ3v) is 12.9. The van der Waals surface area contributed by atoms with Gasteiger partial charge in [0.05, 0.1) is 29.1 Å². The minimum Gasteiger partial charge on any atom is -0.506 e. The van der Waals surface area contributed by atoms with E-state index in [9.17, 15) is 18.3 Å². The maximum absolute atomic E-state index is 14.8. The summed E-state index contributed by atoms with van der Waals surface area (Å²) in [7, 11) is -4.17. The summed E-state index contributed by atoms with van der Waals surface area (Å²) in [4.78, 5) is 14.9. The number of hydrogen-bond donors (Lipinski definition) is 2. The van der Waals surface area contributed by atoms with Crippen LogP contribution in [0.15, 0.2) is 127 Å². The molecular weight excluding hydrogens is 704 g/mol. The van der Waals surface area contributed by atoms with Crippen LogP contribution in [0.25, 0.3) is 11.1 Å². The van der Waals surface area contributed by atoms with E-state index in [1.807, 2.05) is 96.8 Å². The van der Waals surface area contributed by atoms with Gasteiger partial charge in [0.25, 0.3) is 5.91 Å². The lowest BCUT2D eigenvalue weighted by Gasteiger charge is -2.37. The van der Waals surface area contributed by atoms with Crippen LogP contribution in [-0.4, -0.2) is 56.0 Å². The van der Waals surface area contributed by atoms with E-state index < -0.39 is 26.5 Å². The number of aromatic hydroxyl groups is 1. The van der Waals surface area contributed by atoms with E-state index in [1.165, 1.54) is 6.08 Å². The number of sulfone groups is 1. The standard InChI is InChI=1S/C44H45ClN2O5S/c1-4-6-19-35-40(41(48)39(43(46)49)30(3)42(35)53(50,51)38(5-2)47-26-28-52-29-27-47)31-22-24-34(25-23-31)44(32-15-9-7-10-16-32,33-17-11-8-12-18-33)36-20-13-14-21-37(36)45/h5,7-18,20-25,38,48H,2,4,6,19,26-29H2,1,3H3,(H2,46,49). The van der Waals surface area contributed by atoms with Gasteiger partial charge in [-0.3, -0.25) is 9.69 Å². The van der Waals surface area contributed by atoms with Gasteiger partial charge in [0.1, 0.15) is 11.1 Å². The number of benzene rings is 5. The lowest BCUT2D eigenvalue weighted by molar-refractivity contribution is 0.0374. The summed E-state index contributed by atoms with van der Waals surface area (Å²) in [5.74, 6) is -1.25. The Morgan fingerprint density at radius 1 is 0.925 bits per heavy atom. The van der Waals surface area contributed by atoms with E-state index in [1.54, 1.807) is 6.92 Å². The maximum Gasteiger partial charge on any atom is 0.252 e. The first-order chi connectivity index (χ1) is 25.6. The number of unbranched alkanes of at least 4 members (excludes halogenated alkanes) is 1. The molecule has 1 aliphatic rings. The van der Waals surface area contributed by atoms with Gasteiger partial charge < -0.3 is 15.6 Å². The molecule has 0 aliphatic carbocycles. The van der Waals surface area contributed by atoms with Gasteiger partial charge in [0.2, 0.25) is 0 Å². The van der Waals surface area contributed by atoms with Crippen molar-refractivity contribution < 1.29 is 23.1 Å². The first kappa shape index (κ1) is 38.0. The van der Waals surface area contributed by atoms with Crippen molar-refractivity contribution in [3.8, 4) is 16.9 Å². The van der Waals surface area contributed by atoms with Gasteiger partial charge in [0, 0.05) is 23.7 Å². The minimum atomic E-state index is -4.17. The molecule has 0 bridgehead atoms. The molecule has 0 spiro atoms. The lowest BCUT2D eigenvalue weighted by Crippen LogP contribution is -2.46. The third kappa shape index (κ3) is 6.93. The molecule has 1 fully saturated rings. The summed E-state index contributed by atoms with van der Waals surface area (Å²) in [5.41, 5.74) is 10.0. The smallest absolute Gasteiger partial charge is 0.252 e. The number of carbonyl (C=O) groups excluding carboxylic acids is 1. The Morgan fingerprint density at radius 3 is 2.00 bits per heavy atom. The van der Waals surface area contributed by atoms with Gasteiger partial charge in [-0.25, -0.2) is 8.42 Å². The summed E-state index contributed by atoms with van der Waals surface area (Å²) >= 11 is 7.04. The third-order valence-electron chi connectivity index (χ3n) is 10.3. The number of nitrogens with two attached hydrogens (primary N) is 1. The molecule has 5 aromatic carbocycles. The molecule has 0 aromatic heterocycles. The Hall–Kier alpha value is -4.73. The highest BCUT2D eigenvalue weighted by molar-refractivity contribution is 7.92. The number of amides is 1. The molecule has 1 atom stereocenters. The molecule has 1 saturated heterocycles. The van der Waals surface area contributed by atoms with E-state index in [2.05, 4.69) is 30.8 Å². The van der Waals surface area contributed by atoms with Crippen LogP contribution in [0.2, 0.25) is 5.02 Å². The molecule has 1 amide bonds. The fourth-order valence-electron chi connectivity index (χ4n) is 7.91. The second-order valence-corrected chi connectivity index (χ2v) is 15.7. The lowest BCUT2D eigenvalue weighted by atomic mass is 9.65. The predicted molar refractivity (Wildman–Crippen MR) is 212 cm³/mol. The molecule has 1 heterocycles. The normalized spacial score (nSPS) is 14.5. The number of rotatable bonds is 13. The molecule has 7 nitrogen and oxygen atoms in total. The van der Waals surface area contributed by atoms with Crippen molar-refractivity contribution in [3.63, 3.8) is 0 Å². The fourth-order valence-corrected chi connectivity index (χ4v) is 10.4. The Bertz CT molecular complexity index is 2160. The maximum atomic E-state index is 14.8. The number of morpholine rings is 1. The quantitative estimate of drug-likeness (QED) is 0.0924. The average Bonchev–Trinajstić information content (AvgIpc) is 3.16. The van der Waals surface area contributed by atoms with Crippen LogP contribution in [0.5, 0.6) is 5.75 Å². The van der Waals surface area contributed by atoms with Crippen LogP contribution in [0.1, 0.15) is 63.5 Å². The summed E-state index contributed by atoms with van der Waals surface area (Å²) in [6.07, 6.45) is 3.20. The van der Waals surface area contributed by atoms with Crippen LogP contribution >= 0.6 is 11.6 Å². The molecule has 1 aliphatic heterocycles. The van der Waals surface area contributed by atoms with E-state index in [0.29, 0.717) is 55.3 Å². The van der Waals surface area contributed by atoms with Crippen molar-refractivity contribution in [2.45, 2.75) is 48.8 Å². The van der Waals surface area contributed by atoms with Crippen LogP contribution < -0.4 is 5.73 Å². The first-order valence-corrected chi connectivity index (χ1v) is 19.8. The van der Waals surface area contributed by atoms with E-state index in [4.69, 9.17) is 22.1 Å². The van der Waals surface area contributed by atoms with Gasteiger partial charge in [-0.2, -0.15) is 0 Å². The zero-order valence-electron chi connectivity index (χ0n) is 30.1.